The van der Waals surface area contributed by atoms with Crippen LogP contribution < -0.4 is 5.32 Å². The van der Waals surface area contributed by atoms with Crippen LogP contribution in [0.5, 0.6) is 0 Å². The molecule has 0 bridgehead atoms. The van der Waals surface area contributed by atoms with Crippen LogP contribution >= 0.6 is 0 Å². The van der Waals surface area contributed by atoms with Crippen molar-refractivity contribution in [1.29, 1.82) is 0 Å². The van der Waals surface area contributed by atoms with Gasteiger partial charge in [-0.2, -0.15) is 0 Å². The molecular weight excluding hydrogens is 504 g/mol. The van der Waals surface area contributed by atoms with E-state index in [1.54, 1.807) is 4.90 Å². The zero-order valence-electron chi connectivity index (χ0n) is 23.0. The van der Waals surface area contributed by atoms with Crippen molar-refractivity contribution in [3.8, 4) is 22.4 Å². The molecular formula is C32H34N4O4. The van der Waals surface area contributed by atoms with Crippen molar-refractivity contribution in [1.82, 2.24) is 14.9 Å². The van der Waals surface area contributed by atoms with E-state index in [-0.39, 0.29) is 18.7 Å². The molecule has 0 radical (unpaired) electrons. The third-order valence-corrected chi connectivity index (χ3v) is 6.66. The highest BCUT2D eigenvalue weighted by atomic mass is 16.6. The number of amides is 2. The molecule has 0 saturated carbocycles. The van der Waals surface area contributed by atoms with Gasteiger partial charge in [0.05, 0.1) is 17.9 Å². The average molecular weight is 539 g/mol. The van der Waals surface area contributed by atoms with E-state index in [1.165, 1.54) is 0 Å². The van der Waals surface area contributed by atoms with Crippen LogP contribution in [0.3, 0.4) is 0 Å². The second kappa shape index (κ2) is 11.7. The van der Waals surface area contributed by atoms with Crippen LogP contribution in [0.4, 0.5) is 15.3 Å². The Hall–Kier alpha value is -4.59. The molecule has 1 aromatic heterocycles. The van der Waals surface area contributed by atoms with Crippen molar-refractivity contribution in [3.05, 3.63) is 96.4 Å². The fourth-order valence-corrected chi connectivity index (χ4v) is 4.73. The molecule has 5 rings (SSSR count). The Labute approximate surface area is 234 Å². The first-order valence-electron chi connectivity index (χ1n) is 13.5. The van der Waals surface area contributed by atoms with E-state index in [0.717, 1.165) is 46.6 Å². The lowest BCUT2D eigenvalue weighted by molar-refractivity contribution is 0.0635. The second-order valence-electron chi connectivity index (χ2n) is 10.9. The van der Waals surface area contributed by atoms with Crippen LogP contribution in [-0.2, 0) is 16.1 Å². The lowest BCUT2D eigenvalue weighted by Crippen LogP contribution is -2.31. The third kappa shape index (κ3) is 6.69. The molecule has 1 atom stereocenters. The Balaban J connectivity index is 1.21. The fraction of sp³-hybridized carbons (Fsp3) is 0.281. The van der Waals surface area contributed by atoms with Gasteiger partial charge in [-0.25, -0.2) is 14.6 Å². The van der Waals surface area contributed by atoms with Gasteiger partial charge in [-0.3, -0.25) is 10.2 Å². The standard InChI is InChI=1S/C32H34N4O4/c1-32(2,3)40-30(37)34-26-17-15-24(16-18-26)23-11-13-25(14-12-23)27-20-33-29(35-27)28-10-7-19-36(28)31(38)39-21-22-8-5-4-6-9-22/h4-6,8-9,11-18,20,28H,7,10,19,21H2,1-3H3,(H,33,35)(H,34,37)/t28-/m0/s1. The van der Waals surface area contributed by atoms with Gasteiger partial charge in [0.2, 0.25) is 0 Å². The summed E-state index contributed by atoms with van der Waals surface area (Å²) in [5, 5.41) is 2.75. The first-order valence-corrected chi connectivity index (χ1v) is 13.5. The first kappa shape index (κ1) is 27.0. The number of anilines is 1. The number of nitrogens with one attached hydrogen (secondary N) is 2. The summed E-state index contributed by atoms with van der Waals surface area (Å²) < 4.78 is 10.9. The molecule has 0 unspecified atom stereocenters. The molecule has 2 amide bonds. The van der Waals surface area contributed by atoms with Crippen LogP contribution in [-0.4, -0.2) is 39.2 Å². The van der Waals surface area contributed by atoms with Gasteiger partial charge in [0.25, 0.3) is 0 Å². The summed E-state index contributed by atoms with van der Waals surface area (Å²) in [6, 6.07) is 25.4. The van der Waals surface area contributed by atoms with Crippen LogP contribution in [0.25, 0.3) is 22.4 Å². The van der Waals surface area contributed by atoms with Crippen molar-refractivity contribution >= 4 is 17.9 Å². The molecule has 206 valence electrons. The monoisotopic (exact) mass is 538 g/mol. The van der Waals surface area contributed by atoms with Crippen molar-refractivity contribution in [2.75, 3.05) is 11.9 Å². The van der Waals surface area contributed by atoms with Crippen molar-refractivity contribution in [2.24, 2.45) is 0 Å². The van der Waals surface area contributed by atoms with Gasteiger partial charge in [0, 0.05) is 12.2 Å². The van der Waals surface area contributed by atoms with Gasteiger partial charge < -0.3 is 14.5 Å². The van der Waals surface area contributed by atoms with E-state index < -0.39 is 11.7 Å². The molecule has 3 aromatic carbocycles. The SMILES string of the molecule is CC(C)(C)OC(=O)Nc1ccc(-c2ccc(-c3cnc([C@@H]4CCCN4C(=O)OCc4ccccc4)[nH]3)cc2)cc1. The minimum absolute atomic E-state index is 0.135. The van der Waals surface area contributed by atoms with E-state index in [1.807, 2.05) is 93.7 Å². The van der Waals surface area contributed by atoms with Crippen molar-refractivity contribution in [3.63, 3.8) is 0 Å². The van der Waals surface area contributed by atoms with Gasteiger partial charge in [-0.05, 0) is 68.0 Å². The number of aromatic nitrogens is 2. The number of benzene rings is 3. The Bertz CT molecular complexity index is 1440. The quantitative estimate of drug-likeness (QED) is 0.264. The predicted octanol–water partition coefficient (Wildman–Crippen LogP) is 7.56. The van der Waals surface area contributed by atoms with Crippen LogP contribution in [0, 0.1) is 0 Å². The van der Waals surface area contributed by atoms with Gasteiger partial charge in [-0.1, -0.05) is 66.7 Å². The molecule has 0 aliphatic carbocycles. The third-order valence-electron chi connectivity index (χ3n) is 6.66. The number of nitrogens with zero attached hydrogens (tertiary/aromatic N) is 2. The zero-order valence-corrected chi connectivity index (χ0v) is 23.0. The fourth-order valence-electron chi connectivity index (χ4n) is 4.73. The van der Waals surface area contributed by atoms with E-state index in [4.69, 9.17) is 9.47 Å². The molecule has 0 spiro atoms. The summed E-state index contributed by atoms with van der Waals surface area (Å²) >= 11 is 0. The van der Waals surface area contributed by atoms with Crippen LogP contribution in [0.15, 0.2) is 85.1 Å². The molecule has 1 saturated heterocycles. The number of ether oxygens (including phenoxy) is 2. The lowest BCUT2D eigenvalue weighted by Gasteiger charge is -2.22. The molecule has 2 N–H and O–H groups in total. The highest BCUT2D eigenvalue weighted by Gasteiger charge is 2.33. The number of carbonyl (C=O) groups is 2. The molecule has 8 heteroatoms. The van der Waals surface area contributed by atoms with E-state index in [0.29, 0.717) is 12.2 Å². The van der Waals surface area contributed by atoms with E-state index in [9.17, 15) is 9.59 Å². The summed E-state index contributed by atoms with van der Waals surface area (Å²) in [7, 11) is 0. The molecule has 8 nitrogen and oxygen atoms in total. The minimum atomic E-state index is -0.550. The molecule has 1 aliphatic rings. The van der Waals surface area contributed by atoms with Gasteiger partial charge in [0.1, 0.15) is 18.0 Å². The van der Waals surface area contributed by atoms with Crippen molar-refractivity contribution in [2.45, 2.75) is 51.9 Å². The van der Waals surface area contributed by atoms with Gasteiger partial charge in [0.15, 0.2) is 0 Å². The normalized spacial score (nSPS) is 15.1. The summed E-state index contributed by atoms with van der Waals surface area (Å²) in [6.45, 7) is 6.39. The Kier molecular flexibility index (Phi) is 7.86. The number of likely N-dealkylation sites (tertiary alicyclic amines) is 1. The smallest absolute Gasteiger partial charge is 0.412 e. The minimum Gasteiger partial charge on any atom is -0.445 e. The lowest BCUT2D eigenvalue weighted by atomic mass is 10.0. The molecule has 2 heterocycles. The highest BCUT2D eigenvalue weighted by Crippen LogP contribution is 2.33. The number of imidazole rings is 1. The Morgan fingerprint density at radius 1 is 0.950 bits per heavy atom. The maximum atomic E-state index is 12.8. The van der Waals surface area contributed by atoms with Gasteiger partial charge >= 0.3 is 12.2 Å². The second-order valence-corrected chi connectivity index (χ2v) is 10.9. The average Bonchev–Trinajstić information content (AvgIpc) is 3.62. The summed E-state index contributed by atoms with van der Waals surface area (Å²) in [5.41, 5.74) is 5.06. The topological polar surface area (TPSA) is 96.6 Å². The number of rotatable bonds is 6. The maximum absolute atomic E-state index is 12.8. The van der Waals surface area contributed by atoms with Crippen LogP contribution in [0.1, 0.15) is 51.0 Å². The van der Waals surface area contributed by atoms with E-state index in [2.05, 4.69) is 27.4 Å². The number of hydrogen-bond donors (Lipinski definition) is 2. The van der Waals surface area contributed by atoms with Crippen LogP contribution in [0.2, 0.25) is 0 Å². The summed E-state index contributed by atoms with van der Waals surface area (Å²) in [5.74, 6) is 0.765. The number of hydrogen-bond acceptors (Lipinski definition) is 5. The first-order chi connectivity index (χ1) is 19.2. The van der Waals surface area contributed by atoms with Crippen molar-refractivity contribution < 1.29 is 19.1 Å². The number of H-pyrrole nitrogens is 1. The largest absolute Gasteiger partial charge is 0.445 e. The maximum Gasteiger partial charge on any atom is 0.412 e. The molecule has 4 aromatic rings. The van der Waals surface area contributed by atoms with Gasteiger partial charge in [-0.15, -0.1) is 0 Å². The Morgan fingerprint density at radius 3 is 2.27 bits per heavy atom. The number of aromatic amines is 1. The summed E-state index contributed by atoms with van der Waals surface area (Å²) in [4.78, 5) is 34.6. The number of carbonyl (C=O) groups excluding carboxylic acids is 2. The Morgan fingerprint density at radius 2 is 1.60 bits per heavy atom. The molecule has 40 heavy (non-hydrogen) atoms. The predicted molar refractivity (Wildman–Crippen MR) is 155 cm³/mol. The van der Waals surface area contributed by atoms with E-state index >= 15 is 0 Å². The molecule has 1 fully saturated rings. The molecule has 1 aliphatic heterocycles. The highest BCUT2D eigenvalue weighted by molar-refractivity contribution is 5.85. The zero-order chi connectivity index (χ0) is 28.1. The summed E-state index contributed by atoms with van der Waals surface area (Å²) in [6.07, 6.45) is 2.76.